The smallest absolute Gasteiger partial charge is 0.244 e. The summed E-state index contributed by atoms with van der Waals surface area (Å²) in [5, 5.41) is 5.68. The van der Waals surface area contributed by atoms with Crippen LogP contribution in [0.15, 0.2) is 64.9 Å². The second kappa shape index (κ2) is 10.2. The average molecular weight is 488 g/mol. The van der Waals surface area contributed by atoms with Gasteiger partial charge in [0, 0.05) is 16.7 Å². The van der Waals surface area contributed by atoms with E-state index in [1.807, 2.05) is 47.8 Å². The normalized spacial score (nSPS) is 16.8. The van der Waals surface area contributed by atoms with Gasteiger partial charge in [-0.1, -0.05) is 55.8 Å². The van der Waals surface area contributed by atoms with Crippen LogP contribution in [0.5, 0.6) is 0 Å². The van der Waals surface area contributed by atoms with Crippen LogP contribution in [0.4, 0.5) is 0 Å². The molecule has 1 N–H and O–H groups in total. The van der Waals surface area contributed by atoms with Crippen LogP contribution in [0.1, 0.15) is 24.6 Å². The van der Waals surface area contributed by atoms with Crippen LogP contribution in [0.3, 0.4) is 0 Å². The molecule has 1 aliphatic rings. The summed E-state index contributed by atoms with van der Waals surface area (Å²) in [7, 11) is -3.74. The number of rotatable bonds is 8. The van der Waals surface area contributed by atoms with Gasteiger partial charge in [-0.15, -0.1) is 23.1 Å². The van der Waals surface area contributed by atoms with Gasteiger partial charge in [0.05, 0.1) is 23.0 Å². The fraction of sp³-hybridized carbons (Fsp3) is 0.304. The highest BCUT2D eigenvalue weighted by atomic mass is 32.2. The van der Waals surface area contributed by atoms with Crippen LogP contribution in [0.2, 0.25) is 0 Å². The van der Waals surface area contributed by atoms with E-state index in [9.17, 15) is 13.2 Å². The molecule has 1 aromatic heterocycles. The second-order valence-electron chi connectivity index (χ2n) is 7.53. The van der Waals surface area contributed by atoms with Crippen molar-refractivity contribution in [1.82, 2.24) is 14.6 Å². The minimum atomic E-state index is -3.74. The number of sulfonamides is 1. The van der Waals surface area contributed by atoms with E-state index in [2.05, 4.69) is 17.2 Å². The number of amides is 1. The number of benzene rings is 2. The van der Waals surface area contributed by atoms with Crippen LogP contribution in [0, 0.1) is 0 Å². The molecule has 0 saturated carbocycles. The van der Waals surface area contributed by atoms with Gasteiger partial charge in [0.15, 0.2) is 0 Å². The summed E-state index contributed by atoms with van der Waals surface area (Å²) in [6.45, 7) is 2.35. The molecule has 6 nitrogen and oxygen atoms in total. The maximum absolute atomic E-state index is 13.2. The molecule has 0 aliphatic carbocycles. The Morgan fingerprint density at radius 1 is 1.16 bits per heavy atom. The highest BCUT2D eigenvalue weighted by Gasteiger charge is 2.39. The van der Waals surface area contributed by atoms with Gasteiger partial charge in [0.2, 0.25) is 15.9 Å². The predicted molar refractivity (Wildman–Crippen MR) is 130 cm³/mol. The Labute approximate surface area is 197 Å². The Hall–Kier alpha value is -2.20. The molecule has 1 fully saturated rings. The Kier molecular flexibility index (Phi) is 7.30. The van der Waals surface area contributed by atoms with Gasteiger partial charge in [0.1, 0.15) is 11.0 Å². The fourth-order valence-electron chi connectivity index (χ4n) is 3.52. The van der Waals surface area contributed by atoms with Crippen molar-refractivity contribution in [1.29, 1.82) is 0 Å². The van der Waals surface area contributed by atoms with Crippen LogP contribution < -0.4 is 5.32 Å². The SMILES string of the molecule is CCCc1ccc(S(=O)(=O)N2CSC[C@@H]2C(=O)NCc2csc(-c3ccccc3)n2)cc1. The van der Waals surface area contributed by atoms with Crippen molar-refractivity contribution in [3.8, 4) is 10.6 Å². The third-order valence-corrected chi connectivity index (χ3v) is 9.21. The number of hydrogen-bond donors (Lipinski definition) is 1. The molecule has 1 atom stereocenters. The van der Waals surface area contributed by atoms with Gasteiger partial charge in [-0.05, 0) is 24.1 Å². The fourth-order valence-corrected chi connectivity index (χ4v) is 7.49. The van der Waals surface area contributed by atoms with Crippen LogP contribution in [-0.4, -0.2) is 41.3 Å². The molecule has 1 amide bonds. The first-order valence-electron chi connectivity index (χ1n) is 10.4. The highest BCUT2D eigenvalue weighted by molar-refractivity contribution is 8.00. The van der Waals surface area contributed by atoms with Crippen molar-refractivity contribution in [3.63, 3.8) is 0 Å². The van der Waals surface area contributed by atoms with Gasteiger partial charge in [-0.25, -0.2) is 13.4 Å². The Bertz CT molecular complexity index is 1160. The van der Waals surface area contributed by atoms with E-state index in [1.165, 1.54) is 27.4 Å². The molecule has 1 aliphatic heterocycles. The van der Waals surface area contributed by atoms with Crippen LogP contribution >= 0.6 is 23.1 Å². The molecule has 2 aromatic carbocycles. The van der Waals surface area contributed by atoms with Gasteiger partial charge in [0.25, 0.3) is 0 Å². The number of hydrogen-bond acceptors (Lipinski definition) is 6. The van der Waals surface area contributed by atoms with Crippen LogP contribution in [-0.2, 0) is 27.8 Å². The summed E-state index contributed by atoms with van der Waals surface area (Å²) in [5.41, 5.74) is 2.90. The minimum Gasteiger partial charge on any atom is -0.349 e. The molecule has 4 rings (SSSR count). The maximum atomic E-state index is 13.2. The summed E-state index contributed by atoms with van der Waals surface area (Å²) in [4.78, 5) is 17.7. The molecular formula is C23H25N3O3S3. The third kappa shape index (κ3) is 5.06. The van der Waals surface area contributed by atoms with Gasteiger partial charge < -0.3 is 5.32 Å². The monoisotopic (exact) mass is 487 g/mol. The van der Waals surface area contributed by atoms with Gasteiger partial charge in [-0.3, -0.25) is 4.79 Å². The summed E-state index contributed by atoms with van der Waals surface area (Å²) in [5.74, 6) is 0.410. The molecule has 3 aromatic rings. The minimum absolute atomic E-state index is 0.227. The number of carbonyl (C=O) groups excluding carboxylic acids is 1. The second-order valence-corrected chi connectivity index (χ2v) is 11.3. The molecule has 0 bridgehead atoms. The Balaban J connectivity index is 1.41. The zero-order valence-electron chi connectivity index (χ0n) is 17.7. The molecule has 2 heterocycles. The summed E-state index contributed by atoms with van der Waals surface area (Å²) >= 11 is 2.97. The number of aryl methyl sites for hydroxylation is 1. The largest absolute Gasteiger partial charge is 0.349 e. The number of carbonyl (C=O) groups is 1. The lowest BCUT2D eigenvalue weighted by molar-refractivity contribution is -0.124. The zero-order chi connectivity index (χ0) is 22.6. The molecule has 168 valence electrons. The lowest BCUT2D eigenvalue weighted by Gasteiger charge is -2.22. The lowest BCUT2D eigenvalue weighted by Crippen LogP contribution is -2.46. The molecule has 0 radical (unpaired) electrons. The summed E-state index contributed by atoms with van der Waals surface area (Å²) < 4.78 is 27.7. The highest BCUT2D eigenvalue weighted by Crippen LogP contribution is 2.29. The van der Waals surface area contributed by atoms with Crippen molar-refractivity contribution in [3.05, 3.63) is 71.2 Å². The molecule has 9 heteroatoms. The predicted octanol–water partition coefficient (Wildman–Crippen LogP) is 4.14. The maximum Gasteiger partial charge on any atom is 0.244 e. The molecular weight excluding hydrogens is 462 g/mol. The molecule has 0 unspecified atom stereocenters. The number of thioether (sulfide) groups is 1. The quantitative estimate of drug-likeness (QED) is 0.517. The number of nitrogens with zero attached hydrogens (tertiary/aromatic N) is 2. The summed E-state index contributed by atoms with van der Waals surface area (Å²) in [6.07, 6.45) is 1.91. The van der Waals surface area contributed by atoms with Crippen molar-refractivity contribution in [2.24, 2.45) is 0 Å². The van der Waals surface area contributed by atoms with Crippen molar-refractivity contribution >= 4 is 39.0 Å². The van der Waals surface area contributed by atoms with Crippen molar-refractivity contribution in [2.45, 2.75) is 37.2 Å². The van der Waals surface area contributed by atoms with E-state index in [1.54, 1.807) is 12.1 Å². The first-order chi connectivity index (χ1) is 15.5. The lowest BCUT2D eigenvalue weighted by atomic mass is 10.1. The molecule has 32 heavy (non-hydrogen) atoms. The van der Waals surface area contributed by atoms with E-state index in [0.717, 1.165) is 34.7 Å². The standard InChI is InChI=1S/C23H25N3O3S3/c1-2-6-17-9-11-20(12-10-17)32(28,29)26-16-30-15-21(26)22(27)24-13-19-14-31-23(25-19)18-7-4-3-5-8-18/h3-5,7-12,14,21H,2,6,13,15-16H2,1H3,(H,24,27)/t21-/m1/s1. The van der Waals surface area contributed by atoms with Crippen molar-refractivity contribution in [2.75, 3.05) is 11.6 Å². The van der Waals surface area contributed by atoms with E-state index in [4.69, 9.17) is 0 Å². The number of nitrogens with one attached hydrogen (secondary N) is 1. The first-order valence-corrected chi connectivity index (χ1v) is 13.9. The number of aromatic nitrogens is 1. The topological polar surface area (TPSA) is 79.4 Å². The number of thiazole rings is 1. The van der Waals surface area contributed by atoms with Gasteiger partial charge >= 0.3 is 0 Å². The zero-order valence-corrected chi connectivity index (χ0v) is 20.2. The Morgan fingerprint density at radius 2 is 1.91 bits per heavy atom. The van der Waals surface area contributed by atoms with Crippen LogP contribution in [0.25, 0.3) is 10.6 Å². The Morgan fingerprint density at radius 3 is 2.62 bits per heavy atom. The molecule has 1 saturated heterocycles. The first kappa shape index (κ1) is 23.0. The average Bonchev–Trinajstić information content (AvgIpc) is 3.49. The third-order valence-electron chi connectivity index (χ3n) is 5.23. The molecule has 0 spiro atoms. The van der Waals surface area contributed by atoms with E-state index < -0.39 is 16.1 Å². The van der Waals surface area contributed by atoms with Crippen molar-refractivity contribution < 1.29 is 13.2 Å². The van der Waals surface area contributed by atoms with E-state index in [-0.39, 0.29) is 23.2 Å². The van der Waals surface area contributed by atoms with Gasteiger partial charge in [-0.2, -0.15) is 4.31 Å². The van der Waals surface area contributed by atoms with E-state index in [0.29, 0.717) is 5.75 Å². The summed E-state index contributed by atoms with van der Waals surface area (Å²) in [6, 6.07) is 16.1. The van der Waals surface area contributed by atoms with E-state index >= 15 is 0 Å².